The standard InChI is InChI=1S/C11H14N6OS/c1-6(2)10-13-4-7(12-3)9(16-10)11(18)15-8-5-14-17-19-8/h4-6,12H,1-3H3,(H,15,18). The molecule has 2 aromatic heterocycles. The highest BCUT2D eigenvalue weighted by atomic mass is 32.1. The summed E-state index contributed by atoms with van der Waals surface area (Å²) in [6, 6.07) is 0. The Morgan fingerprint density at radius 1 is 1.37 bits per heavy atom. The van der Waals surface area contributed by atoms with E-state index in [9.17, 15) is 4.79 Å². The Balaban J connectivity index is 2.30. The summed E-state index contributed by atoms with van der Waals surface area (Å²) in [7, 11) is 1.72. The molecule has 8 heteroatoms. The molecule has 0 bridgehead atoms. The minimum Gasteiger partial charge on any atom is -0.385 e. The molecule has 2 heterocycles. The summed E-state index contributed by atoms with van der Waals surface area (Å²) >= 11 is 1.11. The number of nitrogens with one attached hydrogen (secondary N) is 2. The van der Waals surface area contributed by atoms with Gasteiger partial charge in [-0.3, -0.25) is 4.79 Å². The summed E-state index contributed by atoms with van der Waals surface area (Å²) in [6.45, 7) is 3.95. The predicted octanol–water partition coefficient (Wildman–Crippen LogP) is 1.75. The molecule has 0 saturated heterocycles. The van der Waals surface area contributed by atoms with Crippen molar-refractivity contribution in [2.45, 2.75) is 19.8 Å². The van der Waals surface area contributed by atoms with Crippen LogP contribution in [-0.2, 0) is 0 Å². The van der Waals surface area contributed by atoms with Gasteiger partial charge < -0.3 is 10.6 Å². The van der Waals surface area contributed by atoms with Crippen LogP contribution in [0.15, 0.2) is 12.4 Å². The number of amides is 1. The second-order valence-electron chi connectivity index (χ2n) is 4.13. The van der Waals surface area contributed by atoms with Crippen LogP contribution >= 0.6 is 11.5 Å². The van der Waals surface area contributed by atoms with E-state index >= 15 is 0 Å². The van der Waals surface area contributed by atoms with Crippen molar-refractivity contribution in [2.75, 3.05) is 17.7 Å². The highest BCUT2D eigenvalue weighted by Gasteiger charge is 2.16. The monoisotopic (exact) mass is 278 g/mol. The molecule has 0 saturated carbocycles. The van der Waals surface area contributed by atoms with Crippen LogP contribution in [0.3, 0.4) is 0 Å². The highest BCUT2D eigenvalue weighted by molar-refractivity contribution is 7.10. The van der Waals surface area contributed by atoms with Crippen molar-refractivity contribution in [3.05, 3.63) is 23.9 Å². The van der Waals surface area contributed by atoms with Crippen molar-refractivity contribution in [2.24, 2.45) is 0 Å². The quantitative estimate of drug-likeness (QED) is 0.885. The number of carbonyl (C=O) groups excluding carboxylic acids is 1. The maximum Gasteiger partial charge on any atom is 0.277 e. The minimum absolute atomic E-state index is 0.155. The van der Waals surface area contributed by atoms with Gasteiger partial charge in [0.15, 0.2) is 5.69 Å². The first kappa shape index (κ1) is 13.3. The fourth-order valence-electron chi connectivity index (χ4n) is 1.42. The molecular formula is C11H14N6OS. The third-order valence-corrected chi connectivity index (χ3v) is 2.99. The topological polar surface area (TPSA) is 92.7 Å². The minimum atomic E-state index is -0.306. The van der Waals surface area contributed by atoms with Gasteiger partial charge in [0.25, 0.3) is 5.91 Å². The van der Waals surface area contributed by atoms with E-state index in [-0.39, 0.29) is 11.8 Å². The number of rotatable bonds is 4. The highest BCUT2D eigenvalue weighted by Crippen LogP contribution is 2.18. The van der Waals surface area contributed by atoms with Gasteiger partial charge >= 0.3 is 0 Å². The van der Waals surface area contributed by atoms with Gasteiger partial charge in [-0.25, -0.2) is 9.97 Å². The van der Waals surface area contributed by atoms with Gasteiger partial charge in [0.1, 0.15) is 10.8 Å². The molecule has 2 aromatic rings. The number of nitrogens with zero attached hydrogens (tertiary/aromatic N) is 4. The van der Waals surface area contributed by atoms with Crippen molar-refractivity contribution in [1.29, 1.82) is 0 Å². The summed E-state index contributed by atoms with van der Waals surface area (Å²) in [5.41, 5.74) is 0.897. The fourth-order valence-corrected chi connectivity index (χ4v) is 1.84. The Morgan fingerprint density at radius 2 is 2.16 bits per heavy atom. The number of hydrogen-bond donors (Lipinski definition) is 2. The zero-order valence-corrected chi connectivity index (χ0v) is 11.7. The Kier molecular flexibility index (Phi) is 4.00. The first-order valence-electron chi connectivity index (χ1n) is 5.75. The summed E-state index contributed by atoms with van der Waals surface area (Å²) in [5, 5.41) is 9.85. The zero-order chi connectivity index (χ0) is 13.8. The zero-order valence-electron chi connectivity index (χ0n) is 10.8. The van der Waals surface area contributed by atoms with Crippen LogP contribution in [0.25, 0.3) is 0 Å². The van der Waals surface area contributed by atoms with Gasteiger partial charge in [0.05, 0.1) is 18.1 Å². The molecule has 0 atom stereocenters. The summed E-state index contributed by atoms with van der Waals surface area (Å²) < 4.78 is 3.69. The molecule has 1 amide bonds. The van der Waals surface area contributed by atoms with Crippen LogP contribution in [-0.4, -0.2) is 32.5 Å². The SMILES string of the molecule is CNc1cnc(C(C)C)nc1C(=O)Nc1cnns1. The molecule has 100 valence electrons. The van der Waals surface area contributed by atoms with Crippen LogP contribution in [0, 0.1) is 0 Å². The first-order chi connectivity index (χ1) is 9.11. The van der Waals surface area contributed by atoms with Crippen LogP contribution in [0.4, 0.5) is 10.7 Å². The third-order valence-electron chi connectivity index (χ3n) is 2.41. The average molecular weight is 278 g/mol. The van der Waals surface area contributed by atoms with Crippen molar-refractivity contribution >= 4 is 28.1 Å². The lowest BCUT2D eigenvalue weighted by molar-refractivity contribution is 0.102. The second-order valence-corrected chi connectivity index (χ2v) is 4.92. The van der Waals surface area contributed by atoms with E-state index < -0.39 is 0 Å². The van der Waals surface area contributed by atoms with Crippen LogP contribution in [0.5, 0.6) is 0 Å². The third kappa shape index (κ3) is 3.02. The summed E-state index contributed by atoms with van der Waals surface area (Å²) in [6.07, 6.45) is 3.11. The van der Waals surface area contributed by atoms with Gasteiger partial charge in [-0.15, -0.1) is 5.10 Å². The van der Waals surface area contributed by atoms with Gasteiger partial charge in [0, 0.05) is 24.5 Å². The summed E-state index contributed by atoms with van der Waals surface area (Å²) in [5.74, 6) is 0.480. The fraction of sp³-hybridized carbons (Fsp3) is 0.364. The van der Waals surface area contributed by atoms with Gasteiger partial charge in [-0.1, -0.05) is 18.3 Å². The Hall–Kier alpha value is -2.09. The molecule has 2 N–H and O–H groups in total. The van der Waals surface area contributed by atoms with E-state index in [4.69, 9.17) is 0 Å². The van der Waals surface area contributed by atoms with Crippen LogP contribution < -0.4 is 10.6 Å². The van der Waals surface area contributed by atoms with Crippen molar-refractivity contribution in [3.8, 4) is 0 Å². The van der Waals surface area contributed by atoms with E-state index in [2.05, 4.69) is 30.2 Å². The normalized spacial score (nSPS) is 10.5. The predicted molar refractivity (Wildman–Crippen MR) is 73.5 cm³/mol. The molecule has 19 heavy (non-hydrogen) atoms. The Bertz CT molecular complexity index is 569. The molecule has 0 fully saturated rings. The molecule has 0 aliphatic heterocycles. The second kappa shape index (κ2) is 5.70. The largest absolute Gasteiger partial charge is 0.385 e. The molecule has 7 nitrogen and oxygen atoms in total. The van der Waals surface area contributed by atoms with Gasteiger partial charge in [-0.05, 0) is 0 Å². The summed E-state index contributed by atoms with van der Waals surface area (Å²) in [4.78, 5) is 20.7. The maximum atomic E-state index is 12.2. The first-order valence-corrected chi connectivity index (χ1v) is 6.52. The number of carbonyl (C=O) groups is 1. The smallest absolute Gasteiger partial charge is 0.277 e. The van der Waals surface area contributed by atoms with E-state index in [1.165, 1.54) is 6.20 Å². The van der Waals surface area contributed by atoms with Crippen molar-refractivity contribution in [1.82, 2.24) is 19.6 Å². The van der Waals surface area contributed by atoms with E-state index in [1.807, 2.05) is 13.8 Å². The molecule has 0 spiro atoms. The van der Waals surface area contributed by atoms with Crippen LogP contribution in [0.1, 0.15) is 36.1 Å². The molecule has 0 aromatic carbocycles. The van der Waals surface area contributed by atoms with E-state index in [0.29, 0.717) is 22.2 Å². The molecular weight excluding hydrogens is 264 g/mol. The molecule has 0 unspecified atom stereocenters. The van der Waals surface area contributed by atoms with E-state index in [1.54, 1.807) is 13.2 Å². The number of aromatic nitrogens is 4. The van der Waals surface area contributed by atoms with Gasteiger partial charge in [0.2, 0.25) is 0 Å². The molecule has 0 aliphatic rings. The van der Waals surface area contributed by atoms with Crippen LogP contribution in [0.2, 0.25) is 0 Å². The Morgan fingerprint density at radius 3 is 2.74 bits per heavy atom. The lowest BCUT2D eigenvalue weighted by atomic mass is 10.2. The Labute approximate surface area is 114 Å². The van der Waals surface area contributed by atoms with Crippen molar-refractivity contribution in [3.63, 3.8) is 0 Å². The maximum absolute atomic E-state index is 12.2. The van der Waals surface area contributed by atoms with Gasteiger partial charge in [-0.2, -0.15) is 0 Å². The molecule has 2 rings (SSSR count). The van der Waals surface area contributed by atoms with Crippen molar-refractivity contribution < 1.29 is 4.79 Å². The lowest BCUT2D eigenvalue weighted by Gasteiger charge is -2.10. The number of hydrogen-bond acceptors (Lipinski definition) is 7. The van der Waals surface area contributed by atoms with E-state index in [0.717, 1.165) is 11.5 Å². The lowest BCUT2D eigenvalue weighted by Crippen LogP contribution is -2.17. The number of anilines is 2. The molecule has 0 aliphatic carbocycles. The molecule has 0 radical (unpaired) electrons. The average Bonchev–Trinajstić information content (AvgIpc) is 2.90.